The number of rotatable bonds is 4. The van der Waals surface area contributed by atoms with Gasteiger partial charge in [0.25, 0.3) is 0 Å². The van der Waals surface area contributed by atoms with E-state index in [4.69, 9.17) is 34.8 Å². The monoisotopic (exact) mass is 445 g/mol. The summed E-state index contributed by atoms with van der Waals surface area (Å²) in [5.41, 5.74) is 2.45. The zero-order valence-electron chi connectivity index (χ0n) is 13.7. The van der Waals surface area contributed by atoms with E-state index < -0.39 is 11.7 Å². The fraction of sp³-hybridized carbons (Fsp3) is 0.0588. The second-order valence-corrected chi connectivity index (χ2v) is 6.60. The van der Waals surface area contributed by atoms with Gasteiger partial charge in [0.15, 0.2) is 11.0 Å². The van der Waals surface area contributed by atoms with Gasteiger partial charge in [-0.05, 0) is 30.3 Å². The average Bonchev–Trinajstić information content (AvgIpc) is 2.65. The molecule has 144 valence electrons. The van der Waals surface area contributed by atoms with Crippen LogP contribution in [0.3, 0.4) is 0 Å². The van der Waals surface area contributed by atoms with Gasteiger partial charge in [-0.25, -0.2) is 0 Å². The molecule has 2 aromatic heterocycles. The molecule has 28 heavy (non-hydrogen) atoms. The summed E-state index contributed by atoms with van der Waals surface area (Å²) in [7, 11) is 0. The molecule has 1 N–H and O–H groups in total. The maximum Gasteiger partial charge on any atom is 0.417 e. The summed E-state index contributed by atoms with van der Waals surface area (Å²) in [5, 5.41) is 12.1. The summed E-state index contributed by atoms with van der Waals surface area (Å²) in [6.45, 7) is 0. The lowest BCUT2D eigenvalue weighted by molar-refractivity contribution is -0.137. The van der Waals surface area contributed by atoms with Crippen molar-refractivity contribution in [1.82, 2.24) is 15.2 Å². The highest BCUT2D eigenvalue weighted by molar-refractivity contribution is 6.35. The van der Waals surface area contributed by atoms with Crippen LogP contribution in [0, 0.1) is 0 Å². The van der Waals surface area contributed by atoms with Gasteiger partial charge in [0, 0.05) is 16.8 Å². The molecule has 0 saturated carbocycles. The van der Waals surface area contributed by atoms with Crippen molar-refractivity contribution in [2.75, 3.05) is 5.43 Å². The molecule has 0 aliphatic carbocycles. The number of halogens is 6. The van der Waals surface area contributed by atoms with Gasteiger partial charge in [0.2, 0.25) is 0 Å². The quantitative estimate of drug-likeness (QED) is 0.411. The Hall–Kier alpha value is -2.42. The standard InChI is InChI=1S/C17H9Cl3F3N5/c18-11-3-1-9(2-4-11)15(28-27-14-6-5-13(20)25-26-14)16-12(19)7-10(8-24-16)17(21,22)23/h1-8H,(H,26,27)/b28-15+. The van der Waals surface area contributed by atoms with Gasteiger partial charge in [0.05, 0.1) is 10.6 Å². The van der Waals surface area contributed by atoms with Gasteiger partial charge < -0.3 is 0 Å². The van der Waals surface area contributed by atoms with Crippen LogP contribution in [0.15, 0.2) is 53.8 Å². The molecule has 0 aliphatic heterocycles. The van der Waals surface area contributed by atoms with Crippen molar-refractivity contribution >= 4 is 46.3 Å². The first-order valence-electron chi connectivity index (χ1n) is 7.56. The van der Waals surface area contributed by atoms with E-state index in [-0.39, 0.29) is 27.4 Å². The molecule has 0 spiro atoms. The molecule has 2 heterocycles. The molecule has 0 unspecified atom stereocenters. The minimum atomic E-state index is -4.57. The van der Waals surface area contributed by atoms with Crippen molar-refractivity contribution in [3.63, 3.8) is 0 Å². The Balaban J connectivity index is 2.04. The van der Waals surface area contributed by atoms with Crippen LogP contribution in [0.2, 0.25) is 15.2 Å². The molecule has 0 amide bonds. The molecule has 3 rings (SSSR count). The number of hydrazone groups is 1. The second-order valence-electron chi connectivity index (χ2n) is 5.37. The first kappa shape index (κ1) is 20.3. The van der Waals surface area contributed by atoms with Gasteiger partial charge in [-0.2, -0.15) is 18.3 Å². The van der Waals surface area contributed by atoms with Crippen molar-refractivity contribution < 1.29 is 13.2 Å². The van der Waals surface area contributed by atoms with Crippen molar-refractivity contribution in [2.24, 2.45) is 5.10 Å². The normalized spacial score (nSPS) is 12.1. The molecular formula is C17H9Cl3F3N5. The Morgan fingerprint density at radius 2 is 1.68 bits per heavy atom. The lowest BCUT2D eigenvalue weighted by Crippen LogP contribution is -2.12. The van der Waals surface area contributed by atoms with Crippen LogP contribution in [0.4, 0.5) is 19.0 Å². The second kappa shape index (κ2) is 8.30. The summed E-state index contributed by atoms with van der Waals surface area (Å²) >= 11 is 17.7. The average molecular weight is 447 g/mol. The molecule has 0 fully saturated rings. The Kier molecular flexibility index (Phi) is 6.02. The summed E-state index contributed by atoms with van der Waals surface area (Å²) in [6.07, 6.45) is -3.88. The number of hydrogen-bond donors (Lipinski definition) is 1. The van der Waals surface area contributed by atoms with Crippen LogP contribution in [-0.2, 0) is 6.18 Å². The number of hydrogen-bond acceptors (Lipinski definition) is 5. The van der Waals surface area contributed by atoms with Crippen LogP contribution < -0.4 is 5.43 Å². The third-order valence-electron chi connectivity index (χ3n) is 3.42. The van der Waals surface area contributed by atoms with Crippen molar-refractivity contribution in [2.45, 2.75) is 6.18 Å². The fourth-order valence-electron chi connectivity index (χ4n) is 2.12. The largest absolute Gasteiger partial charge is 0.417 e. The highest BCUT2D eigenvalue weighted by Crippen LogP contribution is 2.31. The molecule has 0 saturated heterocycles. The maximum absolute atomic E-state index is 12.9. The number of aromatic nitrogens is 3. The van der Waals surface area contributed by atoms with Crippen LogP contribution in [0.25, 0.3) is 0 Å². The van der Waals surface area contributed by atoms with Crippen LogP contribution >= 0.6 is 34.8 Å². The van der Waals surface area contributed by atoms with Crippen molar-refractivity contribution in [1.29, 1.82) is 0 Å². The predicted molar refractivity (Wildman–Crippen MR) is 102 cm³/mol. The molecular weight excluding hydrogens is 438 g/mol. The smallest absolute Gasteiger partial charge is 0.259 e. The highest BCUT2D eigenvalue weighted by Gasteiger charge is 2.32. The lowest BCUT2D eigenvalue weighted by atomic mass is 10.1. The first-order chi connectivity index (χ1) is 13.2. The third kappa shape index (κ3) is 4.89. The molecule has 0 atom stereocenters. The van der Waals surface area contributed by atoms with E-state index in [1.165, 1.54) is 12.1 Å². The SMILES string of the molecule is FC(F)(F)c1cnc(/C(=N/Nc2ccc(Cl)nn2)c2ccc(Cl)cc2)c(Cl)c1. The van der Waals surface area contributed by atoms with E-state index >= 15 is 0 Å². The van der Waals surface area contributed by atoms with Crippen LogP contribution in [-0.4, -0.2) is 20.9 Å². The summed E-state index contributed by atoms with van der Waals surface area (Å²) < 4.78 is 38.7. The molecule has 1 aromatic carbocycles. The van der Waals surface area contributed by atoms with E-state index in [1.54, 1.807) is 24.3 Å². The zero-order valence-corrected chi connectivity index (χ0v) is 15.9. The topological polar surface area (TPSA) is 63.1 Å². The van der Waals surface area contributed by atoms with Crippen molar-refractivity contribution in [3.8, 4) is 0 Å². The summed E-state index contributed by atoms with van der Waals surface area (Å²) in [5.74, 6) is 0.263. The third-order valence-corrected chi connectivity index (χ3v) is 4.17. The molecule has 0 radical (unpaired) electrons. The summed E-state index contributed by atoms with van der Waals surface area (Å²) in [6, 6.07) is 10.3. The van der Waals surface area contributed by atoms with Gasteiger partial charge in [-0.3, -0.25) is 10.4 Å². The lowest BCUT2D eigenvalue weighted by Gasteiger charge is -2.12. The maximum atomic E-state index is 12.9. The number of alkyl halides is 3. The number of benzene rings is 1. The van der Waals surface area contributed by atoms with Crippen molar-refractivity contribution in [3.05, 3.63) is 80.7 Å². The Morgan fingerprint density at radius 1 is 0.964 bits per heavy atom. The van der Waals surface area contributed by atoms with E-state index in [0.29, 0.717) is 16.8 Å². The van der Waals surface area contributed by atoms with Gasteiger partial charge >= 0.3 is 6.18 Å². The van der Waals surface area contributed by atoms with Gasteiger partial charge in [-0.15, -0.1) is 10.2 Å². The fourth-order valence-corrected chi connectivity index (χ4v) is 2.60. The van der Waals surface area contributed by atoms with Gasteiger partial charge in [0.1, 0.15) is 11.4 Å². The predicted octanol–water partition coefficient (Wildman–Crippen LogP) is 5.72. The minimum absolute atomic E-state index is 0.0476. The Bertz CT molecular complexity index is 1010. The Labute approximate surface area is 172 Å². The number of nitrogens with zero attached hydrogens (tertiary/aromatic N) is 4. The zero-order chi connectivity index (χ0) is 20.3. The van der Waals surface area contributed by atoms with E-state index in [9.17, 15) is 13.2 Å². The molecule has 3 aromatic rings. The summed E-state index contributed by atoms with van der Waals surface area (Å²) in [4.78, 5) is 3.86. The molecule has 5 nitrogen and oxygen atoms in total. The first-order valence-corrected chi connectivity index (χ1v) is 8.69. The molecule has 0 bridgehead atoms. The molecule has 11 heteroatoms. The molecule has 0 aliphatic rings. The minimum Gasteiger partial charge on any atom is -0.259 e. The van der Waals surface area contributed by atoms with Crippen LogP contribution in [0.1, 0.15) is 16.8 Å². The van der Waals surface area contributed by atoms with Crippen LogP contribution in [0.5, 0.6) is 0 Å². The van der Waals surface area contributed by atoms with E-state index in [2.05, 4.69) is 25.7 Å². The number of anilines is 1. The number of pyridine rings is 1. The number of nitrogens with one attached hydrogen (secondary N) is 1. The van der Waals surface area contributed by atoms with E-state index in [0.717, 1.165) is 6.07 Å². The van der Waals surface area contributed by atoms with Gasteiger partial charge in [-0.1, -0.05) is 46.9 Å². The van der Waals surface area contributed by atoms with E-state index in [1.807, 2.05) is 0 Å². The highest BCUT2D eigenvalue weighted by atomic mass is 35.5. The Morgan fingerprint density at radius 3 is 2.25 bits per heavy atom.